The molecule has 0 saturated heterocycles. The van der Waals surface area contributed by atoms with E-state index in [9.17, 15) is 9.90 Å². The molecule has 0 saturated carbocycles. The number of likely N-dealkylation sites (N-methyl/N-ethyl adjacent to an activating group) is 1. The molecule has 26 heavy (non-hydrogen) atoms. The van der Waals surface area contributed by atoms with E-state index in [1.54, 1.807) is 0 Å². The van der Waals surface area contributed by atoms with Gasteiger partial charge in [0.1, 0.15) is 0 Å². The quantitative estimate of drug-likeness (QED) is 0.625. The number of hydrogen-bond donors (Lipinski definition) is 3. The molecular weight excluding hydrogens is 338 g/mol. The van der Waals surface area contributed by atoms with Gasteiger partial charge in [0.2, 0.25) is 0 Å². The number of aliphatic hydroxyl groups excluding tert-OH is 1. The molecule has 2 aromatic rings. The van der Waals surface area contributed by atoms with Crippen molar-refractivity contribution in [2.75, 3.05) is 7.05 Å². The summed E-state index contributed by atoms with van der Waals surface area (Å²) < 4.78 is 0. The van der Waals surface area contributed by atoms with Gasteiger partial charge in [-0.05, 0) is 34.8 Å². The molecule has 0 spiro atoms. The Balaban J connectivity index is 2.48. The number of nitrogens with one attached hydrogen (secondary N) is 1. The average Bonchev–Trinajstić information content (AvgIpc) is 2.62. The third-order valence-corrected chi connectivity index (χ3v) is 10.0. The summed E-state index contributed by atoms with van der Waals surface area (Å²) in [5.74, 6) is 0.314. The normalized spacial score (nSPS) is 15.1. The zero-order chi connectivity index (χ0) is 19.4. The van der Waals surface area contributed by atoms with Gasteiger partial charge in [0.15, 0.2) is 0 Å². The molecule has 0 aromatic heterocycles. The Hall–Kier alpha value is -1.46. The predicted octanol–water partition coefficient (Wildman–Crippen LogP) is 2.51. The molecule has 142 valence electrons. The number of aliphatic hydroxyl groups is 1. The fraction of sp³-hybridized carbons (Fsp3) is 0.455. The molecule has 2 atom stereocenters. The highest BCUT2D eigenvalue weighted by atomic mass is 28.4. The van der Waals surface area contributed by atoms with E-state index in [4.69, 9.17) is 0 Å². The molecule has 1 unspecified atom stereocenters. The number of rotatable bonds is 8. The van der Waals surface area contributed by atoms with Gasteiger partial charge in [-0.3, -0.25) is 0 Å². The zero-order valence-corrected chi connectivity index (χ0v) is 17.6. The van der Waals surface area contributed by atoms with Gasteiger partial charge in [0.25, 0.3) is 8.32 Å². The summed E-state index contributed by atoms with van der Waals surface area (Å²) >= 11 is 0. The lowest BCUT2D eigenvalue weighted by Gasteiger charge is -2.43. The van der Waals surface area contributed by atoms with Gasteiger partial charge in [0.05, 0.1) is 6.10 Å². The van der Waals surface area contributed by atoms with Crippen LogP contribution < -0.4 is 15.7 Å². The first-order valence-corrected chi connectivity index (χ1v) is 11.4. The van der Waals surface area contributed by atoms with Gasteiger partial charge in [-0.25, -0.2) is 0 Å². The summed E-state index contributed by atoms with van der Waals surface area (Å²) in [7, 11) is -1.19. The summed E-state index contributed by atoms with van der Waals surface area (Å²) in [5.41, 5.74) is 0. The molecule has 2 rings (SSSR count). The standard InChI is InChI=1S/C22H33NO2Si/c1-17(2)21(23-5)20(24)16-22(3,4)26(25,18-12-8-6-9-13-18)19-14-10-7-11-15-19/h6-15,17,20-21,23-25H,16H2,1-5H3/t20-,21?/m0/s1. The maximum Gasteiger partial charge on any atom is 0.258 e. The molecule has 4 heteroatoms. The largest absolute Gasteiger partial charge is 0.424 e. The molecule has 0 heterocycles. The topological polar surface area (TPSA) is 52.5 Å². The van der Waals surface area contributed by atoms with Gasteiger partial charge in [-0.15, -0.1) is 0 Å². The Labute approximate surface area is 159 Å². The van der Waals surface area contributed by atoms with Crippen molar-refractivity contribution in [3.05, 3.63) is 60.7 Å². The van der Waals surface area contributed by atoms with Crippen molar-refractivity contribution in [1.29, 1.82) is 0 Å². The van der Waals surface area contributed by atoms with E-state index in [-0.39, 0.29) is 6.04 Å². The maximum atomic E-state index is 12.1. The highest BCUT2D eigenvalue weighted by molar-refractivity contribution is 6.98. The molecule has 0 radical (unpaired) electrons. The molecule has 0 aliphatic rings. The van der Waals surface area contributed by atoms with E-state index >= 15 is 0 Å². The van der Waals surface area contributed by atoms with Crippen LogP contribution in [0, 0.1) is 5.92 Å². The fourth-order valence-corrected chi connectivity index (χ4v) is 7.82. The molecule has 0 fully saturated rings. The Morgan fingerprint density at radius 1 is 0.923 bits per heavy atom. The summed E-state index contributed by atoms with van der Waals surface area (Å²) in [6, 6.07) is 19.9. The number of hydrogen-bond acceptors (Lipinski definition) is 3. The SMILES string of the molecule is CNC(C(C)C)[C@@H](O)CC(C)(C)[Si](O)(c1ccccc1)c1ccccc1. The highest BCUT2D eigenvalue weighted by Gasteiger charge is 2.51. The summed E-state index contributed by atoms with van der Waals surface area (Å²) in [4.78, 5) is 12.1. The molecule has 0 aliphatic carbocycles. The third kappa shape index (κ3) is 4.09. The van der Waals surface area contributed by atoms with Crippen molar-refractivity contribution < 1.29 is 9.90 Å². The molecule has 3 N–H and O–H groups in total. The summed E-state index contributed by atoms with van der Waals surface area (Å²) in [6.45, 7) is 8.40. The van der Waals surface area contributed by atoms with Crippen LogP contribution in [-0.2, 0) is 0 Å². The van der Waals surface area contributed by atoms with Crippen molar-refractivity contribution in [1.82, 2.24) is 5.32 Å². The van der Waals surface area contributed by atoms with E-state index < -0.39 is 19.5 Å². The second-order valence-corrected chi connectivity index (χ2v) is 12.1. The van der Waals surface area contributed by atoms with Crippen LogP contribution in [0.3, 0.4) is 0 Å². The van der Waals surface area contributed by atoms with Crippen molar-refractivity contribution in [2.24, 2.45) is 5.92 Å². The van der Waals surface area contributed by atoms with Crippen molar-refractivity contribution in [3.8, 4) is 0 Å². The van der Waals surface area contributed by atoms with Crippen LogP contribution in [0.5, 0.6) is 0 Å². The second kappa shape index (κ2) is 8.48. The van der Waals surface area contributed by atoms with E-state index in [2.05, 4.69) is 33.0 Å². The lowest BCUT2D eigenvalue weighted by atomic mass is 9.92. The first-order valence-electron chi connectivity index (χ1n) is 9.43. The van der Waals surface area contributed by atoms with Gasteiger partial charge < -0.3 is 15.2 Å². The Morgan fingerprint density at radius 2 is 1.35 bits per heavy atom. The second-order valence-electron chi connectivity index (χ2n) is 8.16. The molecule has 0 aliphatic heterocycles. The lowest BCUT2D eigenvalue weighted by Crippen LogP contribution is -2.66. The van der Waals surface area contributed by atoms with E-state index in [1.165, 1.54) is 0 Å². The van der Waals surface area contributed by atoms with Gasteiger partial charge in [-0.2, -0.15) is 0 Å². The third-order valence-electron chi connectivity index (χ3n) is 5.55. The molecule has 3 nitrogen and oxygen atoms in total. The van der Waals surface area contributed by atoms with Crippen LogP contribution in [0.2, 0.25) is 5.04 Å². The monoisotopic (exact) mass is 371 g/mol. The lowest BCUT2D eigenvalue weighted by molar-refractivity contribution is 0.0887. The summed E-state index contributed by atoms with van der Waals surface area (Å²) in [5, 5.41) is 15.7. The summed E-state index contributed by atoms with van der Waals surface area (Å²) in [6.07, 6.45) is 0.00451. The van der Waals surface area contributed by atoms with Crippen LogP contribution in [0.15, 0.2) is 60.7 Å². The molecule has 2 aromatic carbocycles. The predicted molar refractivity (Wildman–Crippen MR) is 112 cm³/mol. The minimum atomic E-state index is -3.07. The van der Waals surface area contributed by atoms with Crippen LogP contribution in [0.1, 0.15) is 34.1 Å². The smallest absolute Gasteiger partial charge is 0.258 e. The van der Waals surface area contributed by atoms with E-state index in [1.807, 2.05) is 67.7 Å². The number of benzene rings is 2. The van der Waals surface area contributed by atoms with Crippen LogP contribution in [0.4, 0.5) is 0 Å². The van der Waals surface area contributed by atoms with Crippen LogP contribution >= 0.6 is 0 Å². The van der Waals surface area contributed by atoms with Crippen molar-refractivity contribution >= 4 is 18.7 Å². The molecular formula is C22H33NO2Si. The van der Waals surface area contributed by atoms with Gasteiger partial charge >= 0.3 is 0 Å². The molecule has 0 amide bonds. The first kappa shape index (κ1) is 20.8. The Kier molecular flexibility index (Phi) is 6.80. The van der Waals surface area contributed by atoms with Gasteiger partial charge in [0, 0.05) is 6.04 Å². The minimum absolute atomic E-state index is 0.000860. The van der Waals surface area contributed by atoms with Gasteiger partial charge in [-0.1, -0.05) is 88.4 Å². The molecule has 0 bridgehead atoms. The Bertz CT molecular complexity index is 634. The van der Waals surface area contributed by atoms with Crippen LogP contribution in [0.25, 0.3) is 0 Å². The zero-order valence-electron chi connectivity index (χ0n) is 16.6. The fourth-order valence-electron chi connectivity index (χ4n) is 4.07. The van der Waals surface area contributed by atoms with Crippen molar-refractivity contribution in [3.63, 3.8) is 0 Å². The maximum absolute atomic E-state index is 12.1. The minimum Gasteiger partial charge on any atom is -0.424 e. The van der Waals surface area contributed by atoms with Crippen LogP contribution in [-0.4, -0.2) is 37.4 Å². The van der Waals surface area contributed by atoms with Crippen molar-refractivity contribution in [2.45, 2.75) is 51.3 Å². The van der Waals surface area contributed by atoms with E-state index in [0.29, 0.717) is 12.3 Å². The Morgan fingerprint density at radius 3 is 1.69 bits per heavy atom. The average molecular weight is 372 g/mol. The van der Waals surface area contributed by atoms with E-state index in [0.717, 1.165) is 10.4 Å². The first-order chi connectivity index (χ1) is 12.2. The highest BCUT2D eigenvalue weighted by Crippen LogP contribution is 2.40.